The first-order chi connectivity index (χ1) is 16.8. The van der Waals surface area contributed by atoms with Gasteiger partial charge in [0, 0.05) is 0 Å². The summed E-state index contributed by atoms with van der Waals surface area (Å²) in [6.07, 6.45) is 0. The number of nitrogens with zero attached hydrogens (tertiary/aromatic N) is 1. The van der Waals surface area contributed by atoms with Crippen molar-refractivity contribution in [3.63, 3.8) is 0 Å². The SMILES string of the molecule is Cc1c(CO[Si](c2ccccc2)c2ccccc2)cc(-c2ccccc2C#N)c(C)c1C(C)(C)C. The topological polar surface area (TPSA) is 33.0 Å². The molecule has 175 valence electrons. The summed E-state index contributed by atoms with van der Waals surface area (Å²) in [5, 5.41) is 12.3. The summed E-state index contributed by atoms with van der Waals surface area (Å²) in [5.41, 5.74) is 7.78. The van der Waals surface area contributed by atoms with E-state index in [0.29, 0.717) is 12.2 Å². The highest BCUT2D eigenvalue weighted by atomic mass is 28.3. The van der Waals surface area contributed by atoms with Gasteiger partial charge >= 0.3 is 0 Å². The van der Waals surface area contributed by atoms with E-state index in [-0.39, 0.29) is 5.41 Å². The van der Waals surface area contributed by atoms with Gasteiger partial charge in [-0.2, -0.15) is 5.26 Å². The Bertz CT molecular complexity index is 1310. The van der Waals surface area contributed by atoms with E-state index in [4.69, 9.17) is 4.43 Å². The molecule has 35 heavy (non-hydrogen) atoms. The summed E-state index contributed by atoms with van der Waals surface area (Å²) in [6.45, 7) is 11.7. The van der Waals surface area contributed by atoms with Crippen molar-refractivity contribution in [3.05, 3.63) is 119 Å². The molecule has 3 heteroatoms. The molecular formula is C32H32NOSi. The van der Waals surface area contributed by atoms with Crippen molar-refractivity contribution in [2.75, 3.05) is 0 Å². The molecule has 0 aliphatic heterocycles. The summed E-state index contributed by atoms with van der Waals surface area (Å²) in [7, 11) is -1.41. The van der Waals surface area contributed by atoms with Crippen LogP contribution >= 0.6 is 0 Å². The Morgan fingerprint density at radius 2 is 1.29 bits per heavy atom. The molecule has 4 rings (SSSR count). The third-order valence-corrected chi connectivity index (χ3v) is 8.63. The molecule has 4 aromatic carbocycles. The lowest BCUT2D eigenvalue weighted by atomic mass is 9.77. The summed E-state index contributed by atoms with van der Waals surface area (Å²) in [6, 6.07) is 33.6. The lowest BCUT2D eigenvalue weighted by molar-refractivity contribution is 0.320. The second-order valence-corrected chi connectivity index (χ2v) is 12.1. The van der Waals surface area contributed by atoms with Gasteiger partial charge in [0.15, 0.2) is 0 Å². The van der Waals surface area contributed by atoms with E-state index in [9.17, 15) is 5.26 Å². The Hall–Kier alpha value is -3.45. The molecule has 0 bridgehead atoms. The molecule has 0 atom stereocenters. The molecule has 0 heterocycles. The Morgan fingerprint density at radius 3 is 1.83 bits per heavy atom. The van der Waals surface area contributed by atoms with Gasteiger partial charge in [-0.3, -0.25) is 0 Å². The monoisotopic (exact) mass is 474 g/mol. The van der Waals surface area contributed by atoms with E-state index in [2.05, 4.69) is 101 Å². The van der Waals surface area contributed by atoms with E-state index in [1.165, 1.54) is 32.6 Å². The molecule has 0 spiro atoms. The predicted octanol–water partition coefficient (Wildman–Crippen LogP) is 6.46. The lowest BCUT2D eigenvalue weighted by Crippen LogP contribution is -2.44. The van der Waals surface area contributed by atoms with E-state index in [1.54, 1.807) is 0 Å². The summed E-state index contributed by atoms with van der Waals surface area (Å²) in [5.74, 6) is 0. The highest BCUT2D eigenvalue weighted by molar-refractivity contribution is 6.80. The molecule has 4 aromatic rings. The van der Waals surface area contributed by atoms with Gasteiger partial charge in [0.25, 0.3) is 9.04 Å². The second kappa shape index (κ2) is 10.4. The van der Waals surface area contributed by atoms with Crippen molar-refractivity contribution in [2.24, 2.45) is 0 Å². The molecule has 0 unspecified atom stereocenters. The molecule has 0 fully saturated rings. The fraction of sp³-hybridized carbons (Fsp3) is 0.219. The zero-order chi connectivity index (χ0) is 25.0. The van der Waals surface area contributed by atoms with Crippen LogP contribution in [0.4, 0.5) is 0 Å². The quantitative estimate of drug-likeness (QED) is 0.300. The number of hydrogen-bond acceptors (Lipinski definition) is 2. The van der Waals surface area contributed by atoms with Crippen LogP contribution in [0.2, 0.25) is 0 Å². The van der Waals surface area contributed by atoms with Crippen LogP contribution in [0.15, 0.2) is 91.0 Å². The maximum absolute atomic E-state index is 9.78. The van der Waals surface area contributed by atoms with Crippen molar-refractivity contribution in [2.45, 2.75) is 46.6 Å². The van der Waals surface area contributed by atoms with Crippen LogP contribution in [0.3, 0.4) is 0 Å². The molecular weight excluding hydrogens is 442 g/mol. The predicted molar refractivity (Wildman–Crippen MR) is 147 cm³/mol. The highest BCUT2D eigenvalue weighted by Crippen LogP contribution is 2.38. The Balaban J connectivity index is 1.81. The Labute approximate surface area is 211 Å². The van der Waals surface area contributed by atoms with Gasteiger partial charge in [0.05, 0.1) is 18.2 Å². The van der Waals surface area contributed by atoms with E-state index in [1.807, 2.05) is 30.3 Å². The first-order valence-corrected chi connectivity index (χ1v) is 13.5. The summed E-state index contributed by atoms with van der Waals surface area (Å²) < 4.78 is 6.77. The molecule has 0 aliphatic carbocycles. The number of nitriles is 1. The molecule has 0 aromatic heterocycles. The van der Waals surface area contributed by atoms with Crippen LogP contribution < -0.4 is 10.4 Å². The smallest absolute Gasteiger partial charge is 0.283 e. The van der Waals surface area contributed by atoms with E-state index < -0.39 is 9.04 Å². The van der Waals surface area contributed by atoms with Gasteiger partial charge in [-0.1, -0.05) is 99.6 Å². The molecule has 1 radical (unpaired) electrons. The average Bonchev–Trinajstić information content (AvgIpc) is 2.86. The fourth-order valence-corrected chi connectivity index (χ4v) is 6.96. The highest BCUT2D eigenvalue weighted by Gasteiger charge is 2.25. The maximum atomic E-state index is 9.78. The minimum atomic E-state index is -1.41. The van der Waals surface area contributed by atoms with Gasteiger partial charge in [0.1, 0.15) is 0 Å². The molecule has 2 nitrogen and oxygen atoms in total. The van der Waals surface area contributed by atoms with Crippen LogP contribution in [0.1, 0.15) is 48.6 Å². The van der Waals surface area contributed by atoms with Crippen molar-refractivity contribution in [1.82, 2.24) is 0 Å². The molecule has 0 amide bonds. The van der Waals surface area contributed by atoms with Crippen LogP contribution in [-0.4, -0.2) is 9.04 Å². The van der Waals surface area contributed by atoms with Gasteiger partial charge in [-0.15, -0.1) is 0 Å². The van der Waals surface area contributed by atoms with Crippen molar-refractivity contribution < 1.29 is 4.43 Å². The third kappa shape index (κ3) is 5.30. The normalized spacial score (nSPS) is 11.5. The number of rotatable bonds is 6. The first kappa shape index (κ1) is 24.7. The van der Waals surface area contributed by atoms with Crippen LogP contribution in [0.25, 0.3) is 11.1 Å². The second-order valence-electron chi connectivity index (χ2n) is 9.97. The molecule has 0 saturated heterocycles. The fourth-order valence-electron chi connectivity index (χ4n) is 5.00. The molecule has 0 saturated carbocycles. The number of hydrogen-bond donors (Lipinski definition) is 0. The maximum Gasteiger partial charge on any atom is 0.283 e. The van der Waals surface area contributed by atoms with Gasteiger partial charge in [0.2, 0.25) is 0 Å². The Kier molecular flexibility index (Phi) is 7.36. The van der Waals surface area contributed by atoms with Crippen LogP contribution in [-0.2, 0) is 16.4 Å². The first-order valence-electron chi connectivity index (χ1n) is 12.0. The third-order valence-electron chi connectivity index (χ3n) is 6.49. The summed E-state index contributed by atoms with van der Waals surface area (Å²) in [4.78, 5) is 0. The average molecular weight is 475 g/mol. The standard InChI is InChI=1S/C32H32NOSi/c1-23-26(22-34-35(27-15-8-6-9-16-27)28-17-10-7-11-18-28)20-30(24(2)31(23)32(3,4)5)29-19-13-12-14-25(29)21-33/h6-20H,22H2,1-5H3. The zero-order valence-electron chi connectivity index (χ0n) is 21.2. The van der Waals surface area contributed by atoms with Crippen molar-refractivity contribution >= 4 is 19.4 Å². The Morgan fingerprint density at radius 1 is 0.743 bits per heavy atom. The molecule has 0 N–H and O–H groups in total. The molecule has 0 aliphatic rings. The van der Waals surface area contributed by atoms with Gasteiger partial charge in [-0.05, 0) is 75.1 Å². The lowest BCUT2D eigenvalue weighted by Gasteiger charge is -2.29. The minimum absolute atomic E-state index is 0.0346. The van der Waals surface area contributed by atoms with Gasteiger partial charge < -0.3 is 4.43 Å². The summed E-state index contributed by atoms with van der Waals surface area (Å²) >= 11 is 0. The number of benzene rings is 4. The van der Waals surface area contributed by atoms with Gasteiger partial charge in [-0.25, -0.2) is 0 Å². The van der Waals surface area contributed by atoms with E-state index >= 15 is 0 Å². The van der Waals surface area contributed by atoms with Crippen LogP contribution in [0, 0.1) is 25.2 Å². The van der Waals surface area contributed by atoms with E-state index in [0.717, 1.165) is 11.1 Å². The van der Waals surface area contributed by atoms with Crippen LogP contribution in [0.5, 0.6) is 0 Å². The largest absolute Gasteiger partial charge is 0.403 e. The van der Waals surface area contributed by atoms with Crippen molar-refractivity contribution in [1.29, 1.82) is 5.26 Å². The zero-order valence-corrected chi connectivity index (χ0v) is 22.2. The van der Waals surface area contributed by atoms with Crippen molar-refractivity contribution in [3.8, 4) is 17.2 Å². The minimum Gasteiger partial charge on any atom is -0.403 e.